The highest BCUT2D eigenvalue weighted by Gasteiger charge is 2.30. The third-order valence-electron chi connectivity index (χ3n) is 3.00. The lowest BCUT2D eigenvalue weighted by Crippen LogP contribution is -2.51. The van der Waals surface area contributed by atoms with Crippen molar-refractivity contribution in [3.8, 4) is 0 Å². The Balaban J connectivity index is 2.92. The van der Waals surface area contributed by atoms with Crippen LogP contribution in [0.25, 0.3) is 0 Å². The normalized spacial score (nSPS) is 14.6. The predicted octanol–water partition coefficient (Wildman–Crippen LogP) is 0.580. The molecule has 0 saturated carbocycles. The Bertz CT molecular complexity index is 496. The van der Waals surface area contributed by atoms with Gasteiger partial charge in [-0.2, -0.15) is 4.31 Å². The largest absolute Gasteiger partial charge is 0.271 e. The summed E-state index contributed by atoms with van der Waals surface area (Å²) in [5, 5.41) is 0.0437. The summed E-state index contributed by atoms with van der Waals surface area (Å²) in [6.07, 6.45) is 1.46. The van der Waals surface area contributed by atoms with Crippen molar-refractivity contribution in [3.05, 3.63) is 24.4 Å². The van der Waals surface area contributed by atoms with Gasteiger partial charge in [0.2, 0.25) is 0 Å². The van der Waals surface area contributed by atoms with E-state index in [4.69, 9.17) is 5.84 Å². The molecule has 6 nitrogen and oxygen atoms in total. The first kappa shape index (κ1) is 16.0. The van der Waals surface area contributed by atoms with Crippen LogP contribution in [0.3, 0.4) is 0 Å². The van der Waals surface area contributed by atoms with Crippen LogP contribution in [0.2, 0.25) is 0 Å². The lowest BCUT2D eigenvalue weighted by molar-refractivity contribution is 0.237. The minimum Gasteiger partial charge on any atom is -0.271 e. The lowest BCUT2D eigenvalue weighted by Gasteiger charge is -2.32. The minimum absolute atomic E-state index is 0.0437. The first-order valence-electron chi connectivity index (χ1n) is 6.03. The molecule has 1 rings (SSSR count). The van der Waals surface area contributed by atoms with E-state index in [-0.39, 0.29) is 23.0 Å². The monoisotopic (exact) mass is 286 g/mol. The summed E-state index contributed by atoms with van der Waals surface area (Å²) >= 11 is 0. The van der Waals surface area contributed by atoms with Crippen LogP contribution in [-0.2, 0) is 10.0 Å². The molecule has 0 aliphatic heterocycles. The second-order valence-corrected chi connectivity index (χ2v) is 7.53. The van der Waals surface area contributed by atoms with Crippen LogP contribution in [0.5, 0.6) is 0 Å². The molecule has 1 atom stereocenters. The first-order chi connectivity index (χ1) is 8.69. The summed E-state index contributed by atoms with van der Waals surface area (Å²) in [6.45, 7) is 6.27. The highest BCUT2D eigenvalue weighted by atomic mass is 32.2. The van der Waals surface area contributed by atoms with Gasteiger partial charge in [0.05, 0.1) is 0 Å². The van der Waals surface area contributed by atoms with E-state index in [2.05, 4.69) is 10.4 Å². The molecule has 0 aromatic carbocycles. The van der Waals surface area contributed by atoms with Crippen molar-refractivity contribution in [3.63, 3.8) is 0 Å². The van der Waals surface area contributed by atoms with Crippen LogP contribution in [-0.4, -0.2) is 37.3 Å². The molecule has 0 radical (unpaired) electrons. The highest BCUT2D eigenvalue weighted by Crippen LogP contribution is 2.21. The second kappa shape index (κ2) is 5.96. The summed E-state index contributed by atoms with van der Waals surface area (Å²) in [6, 6.07) is 4.65. The molecule has 0 bridgehead atoms. The topological polar surface area (TPSA) is 88.3 Å². The Morgan fingerprint density at radius 1 is 1.42 bits per heavy atom. The zero-order chi connectivity index (χ0) is 14.7. The molecule has 1 aromatic heterocycles. The van der Waals surface area contributed by atoms with E-state index in [1.54, 1.807) is 12.1 Å². The maximum absolute atomic E-state index is 12.3. The molecule has 108 valence electrons. The SMILES string of the molecule is CN(C[C@@H](NN)C(C)(C)C)S(=O)(=O)c1ccccn1. The number of aromatic nitrogens is 1. The molecule has 3 N–H and O–H groups in total. The predicted molar refractivity (Wildman–Crippen MR) is 74.6 cm³/mol. The van der Waals surface area contributed by atoms with Crippen molar-refractivity contribution in [1.82, 2.24) is 14.7 Å². The fraction of sp³-hybridized carbons (Fsp3) is 0.583. The Kier molecular flexibility index (Phi) is 5.03. The van der Waals surface area contributed by atoms with Gasteiger partial charge in [-0.3, -0.25) is 11.3 Å². The average molecular weight is 286 g/mol. The molecule has 7 heteroatoms. The van der Waals surface area contributed by atoms with E-state index in [1.807, 2.05) is 20.8 Å². The highest BCUT2D eigenvalue weighted by molar-refractivity contribution is 7.89. The standard InChI is InChI=1S/C12H22N4O2S/c1-12(2,3)10(15-13)9-16(4)19(17,18)11-7-5-6-8-14-11/h5-8,10,15H,9,13H2,1-4H3/t10-/m1/s1. The van der Waals surface area contributed by atoms with Crippen LogP contribution in [0.4, 0.5) is 0 Å². The number of nitrogens with two attached hydrogens (primary N) is 1. The summed E-state index contributed by atoms with van der Waals surface area (Å²) in [5.74, 6) is 5.50. The van der Waals surface area contributed by atoms with Crippen molar-refractivity contribution in [2.45, 2.75) is 31.8 Å². The van der Waals surface area contributed by atoms with E-state index in [1.165, 1.54) is 23.6 Å². The molecule has 0 aliphatic carbocycles. The van der Waals surface area contributed by atoms with Gasteiger partial charge >= 0.3 is 0 Å². The Morgan fingerprint density at radius 2 is 2.05 bits per heavy atom. The first-order valence-corrected chi connectivity index (χ1v) is 7.47. The van der Waals surface area contributed by atoms with Gasteiger partial charge in [0.25, 0.3) is 10.0 Å². The molecular formula is C12H22N4O2S. The maximum atomic E-state index is 12.3. The fourth-order valence-corrected chi connectivity index (χ4v) is 2.70. The zero-order valence-corrected chi connectivity index (χ0v) is 12.6. The average Bonchev–Trinajstić information content (AvgIpc) is 2.35. The second-order valence-electron chi connectivity index (χ2n) is 5.54. The summed E-state index contributed by atoms with van der Waals surface area (Å²) in [4.78, 5) is 3.89. The Hall–Kier alpha value is -1.02. The number of sulfonamides is 1. The van der Waals surface area contributed by atoms with Gasteiger partial charge in [-0.25, -0.2) is 13.4 Å². The number of hydrogen-bond acceptors (Lipinski definition) is 5. The van der Waals surface area contributed by atoms with E-state index >= 15 is 0 Å². The molecule has 0 saturated heterocycles. The summed E-state index contributed by atoms with van der Waals surface area (Å²) < 4.78 is 25.9. The number of nitrogens with one attached hydrogen (secondary N) is 1. The van der Waals surface area contributed by atoms with Gasteiger partial charge < -0.3 is 0 Å². The molecular weight excluding hydrogens is 264 g/mol. The lowest BCUT2D eigenvalue weighted by atomic mass is 9.87. The Labute approximate surface area is 115 Å². The third kappa shape index (κ3) is 3.97. The van der Waals surface area contributed by atoms with Gasteiger partial charge in [-0.1, -0.05) is 26.8 Å². The molecule has 0 unspecified atom stereocenters. The number of nitrogens with zero attached hydrogens (tertiary/aromatic N) is 2. The zero-order valence-electron chi connectivity index (χ0n) is 11.8. The van der Waals surface area contributed by atoms with Crippen LogP contribution < -0.4 is 11.3 Å². The van der Waals surface area contributed by atoms with Crippen LogP contribution in [0.15, 0.2) is 29.4 Å². The van der Waals surface area contributed by atoms with Crippen molar-refractivity contribution in [2.75, 3.05) is 13.6 Å². The number of hydrazine groups is 1. The van der Waals surface area contributed by atoms with Crippen LogP contribution in [0, 0.1) is 5.41 Å². The summed E-state index contributed by atoms with van der Waals surface area (Å²) in [7, 11) is -2.05. The molecule has 19 heavy (non-hydrogen) atoms. The van der Waals surface area contributed by atoms with E-state index in [0.29, 0.717) is 0 Å². The van der Waals surface area contributed by atoms with Crippen LogP contribution >= 0.6 is 0 Å². The van der Waals surface area contributed by atoms with Gasteiger partial charge in [-0.05, 0) is 17.5 Å². The van der Waals surface area contributed by atoms with Gasteiger partial charge in [0.15, 0.2) is 5.03 Å². The van der Waals surface area contributed by atoms with Crippen molar-refractivity contribution in [1.29, 1.82) is 0 Å². The van der Waals surface area contributed by atoms with Gasteiger partial charge in [0.1, 0.15) is 0 Å². The minimum atomic E-state index is -3.58. The van der Waals surface area contributed by atoms with E-state index < -0.39 is 10.0 Å². The smallest absolute Gasteiger partial charge is 0.260 e. The van der Waals surface area contributed by atoms with Crippen molar-refractivity contribution >= 4 is 10.0 Å². The summed E-state index contributed by atoms with van der Waals surface area (Å²) in [5.41, 5.74) is 2.52. The molecule has 1 aromatic rings. The molecule has 0 aliphatic rings. The molecule has 0 amide bonds. The third-order valence-corrected chi connectivity index (χ3v) is 4.74. The van der Waals surface area contributed by atoms with Crippen molar-refractivity contribution in [2.24, 2.45) is 11.3 Å². The number of likely N-dealkylation sites (N-methyl/N-ethyl adjacent to an activating group) is 1. The van der Waals surface area contributed by atoms with Crippen molar-refractivity contribution < 1.29 is 8.42 Å². The Morgan fingerprint density at radius 3 is 2.47 bits per heavy atom. The number of pyridine rings is 1. The molecule has 0 spiro atoms. The maximum Gasteiger partial charge on any atom is 0.260 e. The van der Waals surface area contributed by atoms with Gasteiger partial charge in [-0.15, -0.1) is 0 Å². The fourth-order valence-electron chi connectivity index (χ4n) is 1.59. The molecule has 0 fully saturated rings. The van der Waals surface area contributed by atoms with E-state index in [0.717, 1.165) is 0 Å². The van der Waals surface area contributed by atoms with E-state index in [9.17, 15) is 8.42 Å². The number of rotatable bonds is 5. The van der Waals surface area contributed by atoms with Crippen LogP contribution in [0.1, 0.15) is 20.8 Å². The van der Waals surface area contributed by atoms with Gasteiger partial charge in [0, 0.05) is 25.8 Å². The molecule has 1 heterocycles. The number of hydrogen-bond donors (Lipinski definition) is 2. The quantitative estimate of drug-likeness (QED) is 0.610.